The molecular formula is C16H30O6S. The van der Waals surface area contributed by atoms with Crippen LogP contribution in [0.4, 0.5) is 0 Å². The quantitative estimate of drug-likeness (QED) is 0.358. The number of rotatable bonds is 15. The predicted molar refractivity (Wildman–Crippen MR) is 90.5 cm³/mol. The van der Waals surface area contributed by atoms with Gasteiger partial charge in [-0.15, -0.1) is 0 Å². The number of hydrogen-bond donors (Lipinski definition) is 1. The number of aliphatic hydroxyl groups is 1. The van der Waals surface area contributed by atoms with Gasteiger partial charge in [0.25, 0.3) is 0 Å². The molecule has 7 heteroatoms. The summed E-state index contributed by atoms with van der Waals surface area (Å²) in [6.07, 6.45) is 2.43. The molecular weight excluding hydrogens is 320 g/mol. The second kappa shape index (κ2) is 16.2. The van der Waals surface area contributed by atoms with Gasteiger partial charge in [-0.3, -0.25) is 4.79 Å². The molecule has 0 rings (SSSR count). The maximum atomic E-state index is 11.6. The van der Waals surface area contributed by atoms with Crippen LogP contribution in [-0.2, 0) is 23.8 Å². The Bertz CT molecular complexity index is 311. The van der Waals surface area contributed by atoms with Crippen molar-refractivity contribution < 1.29 is 28.9 Å². The fourth-order valence-corrected chi connectivity index (χ4v) is 2.21. The lowest BCUT2D eigenvalue weighted by molar-refractivity contribution is -0.156. The summed E-state index contributed by atoms with van der Waals surface area (Å²) in [7, 11) is 0. The van der Waals surface area contributed by atoms with Gasteiger partial charge in [0.1, 0.15) is 6.61 Å². The Kier molecular flexibility index (Phi) is 15.8. The molecule has 136 valence electrons. The van der Waals surface area contributed by atoms with Gasteiger partial charge in [0.15, 0.2) is 11.2 Å². The van der Waals surface area contributed by atoms with E-state index in [4.69, 9.17) is 14.2 Å². The van der Waals surface area contributed by atoms with Crippen LogP contribution in [0.1, 0.15) is 46.0 Å². The average molecular weight is 350 g/mol. The maximum absolute atomic E-state index is 11.6. The molecule has 0 aliphatic carbocycles. The second-order valence-electron chi connectivity index (χ2n) is 5.04. The zero-order valence-electron chi connectivity index (χ0n) is 14.3. The number of carbonyl (C=O) groups is 2. The molecule has 0 saturated heterocycles. The number of thioether (sulfide) groups is 1. The molecule has 0 bridgehead atoms. The van der Waals surface area contributed by atoms with Crippen LogP contribution in [-0.4, -0.2) is 61.1 Å². The number of carbonyl (C=O) groups excluding carboxylic acids is 2. The lowest BCUT2D eigenvalue weighted by Gasteiger charge is -2.10. The normalized spacial score (nSPS) is 12.1. The first-order valence-electron chi connectivity index (χ1n) is 8.27. The van der Waals surface area contributed by atoms with E-state index in [1.807, 2.05) is 0 Å². The molecule has 0 spiro atoms. The Morgan fingerprint density at radius 1 is 0.957 bits per heavy atom. The molecule has 0 fully saturated rings. The Morgan fingerprint density at radius 2 is 1.57 bits per heavy atom. The minimum Gasteiger partial charge on any atom is -0.461 e. The van der Waals surface area contributed by atoms with Crippen LogP contribution in [0.3, 0.4) is 0 Å². The van der Waals surface area contributed by atoms with Gasteiger partial charge in [0, 0.05) is 19.0 Å². The highest BCUT2D eigenvalue weighted by molar-refractivity contribution is 8.13. The number of unbranched alkanes of at least 4 members (excludes halogenated alkanes) is 2. The smallest absolute Gasteiger partial charge is 0.335 e. The number of esters is 1. The van der Waals surface area contributed by atoms with Crippen LogP contribution < -0.4 is 0 Å². The lowest BCUT2D eigenvalue weighted by atomic mass is 10.3. The van der Waals surface area contributed by atoms with Crippen molar-refractivity contribution in [3.05, 3.63) is 0 Å². The van der Waals surface area contributed by atoms with Gasteiger partial charge in [-0.25, -0.2) is 4.79 Å². The molecule has 1 N–H and O–H groups in total. The van der Waals surface area contributed by atoms with Crippen LogP contribution in [0.5, 0.6) is 0 Å². The Balaban J connectivity index is 3.59. The van der Waals surface area contributed by atoms with Crippen LogP contribution in [0, 0.1) is 0 Å². The highest BCUT2D eigenvalue weighted by atomic mass is 32.2. The van der Waals surface area contributed by atoms with Crippen molar-refractivity contribution in [2.24, 2.45) is 0 Å². The Morgan fingerprint density at radius 3 is 2.17 bits per heavy atom. The van der Waals surface area contributed by atoms with Crippen molar-refractivity contribution in [2.45, 2.75) is 52.1 Å². The van der Waals surface area contributed by atoms with Gasteiger partial charge in [0.05, 0.1) is 19.6 Å². The molecule has 1 atom stereocenters. The van der Waals surface area contributed by atoms with Gasteiger partial charge < -0.3 is 19.3 Å². The predicted octanol–water partition coefficient (Wildman–Crippen LogP) is 2.17. The fourth-order valence-electron chi connectivity index (χ4n) is 1.51. The van der Waals surface area contributed by atoms with Crippen LogP contribution in [0.15, 0.2) is 0 Å². The third-order valence-electron chi connectivity index (χ3n) is 2.88. The fraction of sp³-hybridized carbons (Fsp3) is 0.875. The van der Waals surface area contributed by atoms with Crippen molar-refractivity contribution in [3.8, 4) is 0 Å². The molecule has 0 aromatic carbocycles. The summed E-state index contributed by atoms with van der Waals surface area (Å²) in [5.74, 6) is -0.257. The first-order chi connectivity index (χ1) is 11.1. The van der Waals surface area contributed by atoms with Crippen LogP contribution in [0.25, 0.3) is 0 Å². The van der Waals surface area contributed by atoms with E-state index in [0.29, 0.717) is 32.2 Å². The van der Waals surface area contributed by atoms with Crippen molar-refractivity contribution in [3.63, 3.8) is 0 Å². The summed E-state index contributed by atoms with van der Waals surface area (Å²) >= 11 is 1.06. The summed E-state index contributed by atoms with van der Waals surface area (Å²) < 4.78 is 15.4. The minimum atomic E-state index is -1.41. The third kappa shape index (κ3) is 14.7. The number of aliphatic hydroxyl groups excluding tert-OH is 1. The van der Waals surface area contributed by atoms with E-state index in [0.717, 1.165) is 37.4 Å². The zero-order valence-corrected chi connectivity index (χ0v) is 15.1. The average Bonchev–Trinajstić information content (AvgIpc) is 2.53. The standard InChI is InChI=1S/C16H30O6S/c1-3-5-7-20-9-10-22-16(19)14(17)13-15(18)23-12-11-21-8-6-4-2/h14,17H,3-13H2,1-2H3. The monoisotopic (exact) mass is 350 g/mol. The molecule has 0 aromatic heterocycles. The minimum absolute atomic E-state index is 0.0895. The maximum Gasteiger partial charge on any atom is 0.335 e. The summed E-state index contributed by atoms with van der Waals surface area (Å²) in [5.41, 5.74) is 0. The van der Waals surface area contributed by atoms with Crippen molar-refractivity contribution >= 4 is 22.8 Å². The molecule has 1 unspecified atom stereocenters. The van der Waals surface area contributed by atoms with Crippen LogP contribution in [0.2, 0.25) is 0 Å². The van der Waals surface area contributed by atoms with Crippen LogP contribution >= 0.6 is 11.8 Å². The number of hydrogen-bond acceptors (Lipinski definition) is 7. The van der Waals surface area contributed by atoms with Crippen molar-refractivity contribution in [1.82, 2.24) is 0 Å². The summed E-state index contributed by atoms with van der Waals surface area (Å²) in [4.78, 5) is 23.1. The Hall–Kier alpha value is -0.630. The SMILES string of the molecule is CCCCOCCOC(=O)C(O)CC(=O)SCCOCCCC. The number of ether oxygens (including phenoxy) is 3. The molecule has 0 radical (unpaired) electrons. The summed E-state index contributed by atoms with van der Waals surface area (Å²) in [5, 5.41) is 9.38. The zero-order chi connectivity index (χ0) is 17.3. The van der Waals surface area contributed by atoms with E-state index in [9.17, 15) is 14.7 Å². The largest absolute Gasteiger partial charge is 0.461 e. The second-order valence-corrected chi connectivity index (χ2v) is 6.19. The molecule has 0 amide bonds. The molecule has 0 saturated carbocycles. The van der Waals surface area contributed by atoms with Crippen molar-refractivity contribution in [1.29, 1.82) is 0 Å². The van der Waals surface area contributed by atoms with E-state index < -0.39 is 12.1 Å². The summed E-state index contributed by atoms with van der Waals surface area (Å²) in [6.45, 7) is 6.35. The van der Waals surface area contributed by atoms with Crippen molar-refractivity contribution in [2.75, 3.05) is 38.8 Å². The van der Waals surface area contributed by atoms with E-state index in [1.165, 1.54) is 0 Å². The van der Waals surface area contributed by atoms with Gasteiger partial charge in [-0.05, 0) is 12.8 Å². The first-order valence-corrected chi connectivity index (χ1v) is 9.26. The highest BCUT2D eigenvalue weighted by Gasteiger charge is 2.20. The molecule has 0 aromatic rings. The topological polar surface area (TPSA) is 82.1 Å². The van der Waals surface area contributed by atoms with Gasteiger partial charge >= 0.3 is 5.97 Å². The van der Waals surface area contributed by atoms with Gasteiger partial charge in [-0.1, -0.05) is 38.5 Å². The molecule has 6 nitrogen and oxygen atoms in total. The molecule has 0 aliphatic rings. The van der Waals surface area contributed by atoms with E-state index in [1.54, 1.807) is 0 Å². The molecule has 23 heavy (non-hydrogen) atoms. The molecule has 0 aliphatic heterocycles. The van der Waals surface area contributed by atoms with E-state index in [-0.39, 0.29) is 18.1 Å². The third-order valence-corrected chi connectivity index (χ3v) is 3.74. The molecule has 0 heterocycles. The lowest BCUT2D eigenvalue weighted by Crippen LogP contribution is -2.26. The Labute approximate surface area is 143 Å². The van der Waals surface area contributed by atoms with E-state index >= 15 is 0 Å². The highest BCUT2D eigenvalue weighted by Crippen LogP contribution is 2.09. The van der Waals surface area contributed by atoms with Gasteiger partial charge in [0.2, 0.25) is 0 Å². The van der Waals surface area contributed by atoms with Gasteiger partial charge in [-0.2, -0.15) is 0 Å². The summed E-state index contributed by atoms with van der Waals surface area (Å²) in [6, 6.07) is 0. The first kappa shape index (κ1) is 22.4. The van der Waals surface area contributed by atoms with E-state index in [2.05, 4.69) is 13.8 Å².